The van der Waals surface area contributed by atoms with Crippen molar-refractivity contribution in [2.75, 3.05) is 45.2 Å². The molecule has 31 heavy (non-hydrogen) atoms. The predicted molar refractivity (Wildman–Crippen MR) is 112 cm³/mol. The number of piperazine rings is 1. The highest BCUT2D eigenvalue weighted by Gasteiger charge is 2.38. The van der Waals surface area contributed by atoms with Crippen LogP contribution in [0.3, 0.4) is 0 Å². The molecule has 0 saturated carbocycles. The largest absolute Gasteiger partial charge is 0.497 e. The van der Waals surface area contributed by atoms with Crippen molar-refractivity contribution >= 4 is 29.4 Å². The van der Waals surface area contributed by atoms with E-state index in [0.717, 1.165) is 6.42 Å². The molecular formula is C20H28N6O5. The standard InChI is InChI=1S/C20H28N6O5/c1-31-14-5-2-4-13(10-14)23-20(30)25-8-9-26(17(27)11-21)16(12-25)19(29)24-15-6-3-7-22-18(15)28/h2,4-5,10,15-16H,3,6-9,11-12,21H2,1H3,(H,22,28)(H,23,30)(H,24,29)/t15-,16-/m0/s1. The van der Waals surface area contributed by atoms with Crippen LogP contribution in [-0.2, 0) is 14.4 Å². The van der Waals surface area contributed by atoms with E-state index in [0.29, 0.717) is 24.4 Å². The van der Waals surface area contributed by atoms with Gasteiger partial charge in [-0.15, -0.1) is 0 Å². The molecule has 2 atom stereocenters. The van der Waals surface area contributed by atoms with Gasteiger partial charge in [0, 0.05) is 31.4 Å². The predicted octanol–water partition coefficient (Wildman–Crippen LogP) is -0.907. The molecule has 5 amide bonds. The Bertz CT molecular complexity index is 847. The highest BCUT2D eigenvalue weighted by Crippen LogP contribution is 2.18. The van der Waals surface area contributed by atoms with Crippen LogP contribution in [0.5, 0.6) is 5.75 Å². The Morgan fingerprint density at radius 2 is 2.10 bits per heavy atom. The number of ether oxygens (including phenoxy) is 1. The minimum Gasteiger partial charge on any atom is -0.497 e. The Morgan fingerprint density at radius 1 is 1.29 bits per heavy atom. The normalized spacial score (nSPS) is 21.2. The molecule has 3 rings (SSSR count). The summed E-state index contributed by atoms with van der Waals surface area (Å²) in [6.45, 7) is 0.724. The maximum absolute atomic E-state index is 13.0. The van der Waals surface area contributed by atoms with Gasteiger partial charge in [-0.2, -0.15) is 0 Å². The molecule has 11 heteroatoms. The van der Waals surface area contributed by atoms with Crippen LogP contribution < -0.4 is 26.4 Å². The highest BCUT2D eigenvalue weighted by atomic mass is 16.5. The van der Waals surface area contributed by atoms with Crippen molar-refractivity contribution in [1.29, 1.82) is 0 Å². The minimum absolute atomic E-state index is 0.0122. The van der Waals surface area contributed by atoms with Crippen LogP contribution in [0.15, 0.2) is 24.3 Å². The monoisotopic (exact) mass is 432 g/mol. The number of hydrogen-bond donors (Lipinski definition) is 4. The zero-order valence-electron chi connectivity index (χ0n) is 17.4. The van der Waals surface area contributed by atoms with E-state index in [9.17, 15) is 19.2 Å². The summed E-state index contributed by atoms with van der Waals surface area (Å²) in [5, 5.41) is 8.20. The van der Waals surface area contributed by atoms with Crippen LogP contribution in [0, 0.1) is 0 Å². The lowest BCUT2D eigenvalue weighted by atomic mass is 10.1. The number of methoxy groups -OCH3 is 1. The summed E-state index contributed by atoms with van der Waals surface area (Å²) in [5.41, 5.74) is 6.05. The first-order valence-electron chi connectivity index (χ1n) is 10.2. The maximum atomic E-state index is 13.0. The fourth-order valence-corrected chi connectivity index (χ4v) is 3.69. The number of nitrogens with one attached hydrogen (secondary N) is 3. The minimum atomic E-state index is -0.935. The Labute approximate surface area is 180 Å². The number of piperidine rings is 1. The van der Waals surface area contributed by atoms with Gasteiger partial charge in [0.05, 0.1) is 20.2 Å². The Hall–Kier alpha value is -3.34. The Balaban J connectivity index is 1.70. The summed E-state index contributed by atoms with van der Waals surface area (Å²) in [4.78, 5) is 52.8. The lowest BCUT2D eigenvalue weighted by Crippen LogP contribution is -2.64. The van der Waals surface area contributed by atoms with Gasteiger partial charge in [0.2, 0.25) is 17.7 Å². The van der Waals surface area contributed by atoms with Gasteiger partial charge in [-0.05, 0) is 25.0 Å². The number of urea groups is 1. The zero-order chi connectivity index (χ0) is 22.4. The molecule has 0 aromatic heterocycles. The molecule has 1 aromatic rings. The van der Waals surface area contributed by atoms with Gasteiger partial charge in [0.1, 0.15) is 17.8 Å². The number of nitrogens with two attached hydrogens (primary N) is 1. The molecule has 2 aliphatic heterocycles. The summed E-state index contributed by atoms with van der Waals surface area (Å²) >= 11 is 0. The third-order valence-electron chi connectivity index (χ3n) is 5.39. The fourth-order valence-electron chi connectivity index (χ4n) is 3.69. The molecule has 0 radical (unpaired) electrons. The zero-order valence-corrected chi connectivity index (χ0v) is 17.4. The SMILES string of the molecule is COc1cccc(NC(=O)N2CCN(C(=O)CN)[C@H](C(=O)N[C@H]3CCCNC3=O)C2)c1. The second-order valence-corrected chi connectivity index (χ2v) is 7.41. The third kappa shape index (κ3) is 5.43. The smallest absolute Gasteiger partial charge is 0.321 e. The summed E-state index contributed by atoms with van der Waals surface area (Å²) < 4.78 is 5.16. The lowest BCUT2D eigenvalue weighted by Gasteiger charge is -2.40. The van der Waals surface area contributed by atoms with Crippen LogP contribution >= 0.6 is 0 Å². The first-order valence-corrected chi connectivity index (χ1v) is 10.2. The van der Waals surface area contributed by atoms with Crippen molar-refractivity contribution in [3.8, 4) is 5.75 Å². The second-order valence-electron chi connectivity index (χ2n) is 7.41. The lowest BCUT2D eigenvalue weighted by molar-refractivity contribution is -0.143. The number of nitrogens with zero attached hydrogens (tertiary/aromatic N) is 2. The van der Waals surface area contributed by atoms with Crippen molar-refractivity contribution in [3.05, 3.63) is 24.3 Å². The van der Waals surface area contributed by atoms with Gasteiger partial charge in [-0.25, -0.2) is 4.79 Å². The molecule has 0 aliphatic carbocycles. The second kappa shape index (κ2) is 10.1. The fraction of sp³-hybridized carbons (Fsp3) is 0.500. The van der Waals surface area contributed by atoms with Crippen LogP contribution in [0.4, 0.5) is 10.5 Å². The Morgan fingerprint density at radius 3 is 2.81 bits per heavy atom. The van der Waals surface area contributed by atoms with E-state index in [4.69, 9.17) is 10.5 Å². The molecule has 0 bridgehead atoms. The summed E-state index contributed by atoms with van der Waals surface area (Å²) in [6.07, 6.45) is 1.27. The van der Waals surface area contributed by atoms with Gasteiger partial charge in [0.15, 0.2) is 0 Å². The van der Waals surface area contributed by atoms with Crippen LogP contribution in [0.1, 0.15) is 12.8 Å². The van der Waals surface area contributed by atoms with Crippen molar-refractivity contribution in [2.45, 2.75) is 24.9 Å². The van der Waals surface area contributed by atoms with E-state index in [2.05, 4.69) is 16.0 Å². The van der Waals surface area contributed by atoms with E-state index in [1.165, 1.54) is 16.9 Å². The first kappa shape index (κ1) is 22.3. The van der Waals surface area contributed by atoms with E-state index in [1.807, 2.05) is 0 Å². The molecule has 0 spiro atoms. The quantitative estimate of drug-likeness (QED) is 0.474. The number of benzene rings is 1. The van der Waals surface area contributed by atoms with E-state index < -0.39 is 24.0 Å². The van der Waals surface area contributed by atoms with Crippen molar-refractivity contribution in [1.82, 2.24) is 20.4 Å². The number of hydrogen-bond acceptors (Lipinski definition) is 6. The number of amides is 5. The average molecular weight is 432 g/mol. The van der Waals surface area contributed by atoms with Gasteiger partial charge in [-0.1, -0.05) is 6.07 Å². The van der Waals surface area contributed by atoms with Crippen LogP contribution in [-0.4, -0.2) is 85.5 Å². The molecule has 2 heterocycles. The van der Waals surface area contributed by atoms with Gasteiger partial charge in [-0.3, -0.25) is 14.4 Å². The molecule has 0 unspecified atom stereocenters. The van der Waals surface area contributed by atoms with E-state index in [1.54, 1.807) is 24.3 Å². The van der Waals surface area contributed by atoms with Gasteiger partial charge < -0.3 is 36.2 Å². The van der Waals surface area contributed by atoms with Crippen molar-refractivity contribution < 1.29 is 23.9 Å². The number of carbonyl (C=O) groups excluding carboxylic acids is 4. The number of carbonyl (C=O) groups is 4. The number of rotatable bonds is 5. The van der Waals surface area contributed by atoms with Crippen LogP contribution in [0.2, 0.25) is 0 Å². The summed E-state index contributed by atoms with van der Waals surface area (Å²) in [7, 11) is 1.53. The van der Waals surface area contributed by atoms with Crippen molar-refractivity contribution in [3.63, 3.8) is 0 Å². The van der Waals surface area contributed by atoms with Crippen molar-refractivity contribution in [2.24, 2.45) is 5.73 Å². The molecule has 168 valence electrons. The molecule has 2 fully saturated rings. The van der Waals surface area contributed by atoms with Gasteiger partial charge >= 0.3 is 6.03 Å². The molecule has 5 N–H and O–H groups in total. The highest BCUT2D eigenvalue weighted by molar-refractivity contribution is 5.94. The van der Waals surface area contributed by atoms with E-state index in [-0.39, 0.29) is 38.0 Å². The molecule has 2 aliphatic rings. The molecule has 1 aromatic carbocycles. The first-order chi connectivity index (χ1) is 14.9. The Kier molecular flexibility index (Phi) is 7.29. The number of anilines is 1. The van der Waals surface area contributed by atoms with Gasteiger partial charge in [0.25, 0.3) is 0 Å². The van der Waals surface area contributed by atoms with Crippen LogP contribution in [0.25, 0.3) is 0 Å². The summed E-state index contributed by atoms with van der Waals surface area (Å²) in [5.74, 6) is -0.525. The molecule has 11 nitrogen and oxygen atoms in total. The average Bonchev–Trinajstić information content (AvgIpc) is 2.79. The summed E-state index contributed by atoms with van der Waals surface area (Å²) in [6, 6.07) is 4.92. The van der Waals surface area contributed by atoms with E-state index >= 15 is 0 Å². The molecular weight excluding hydrogens is 404 g/mol. The third-order valence-corrected chi connectivity index (χ3v) is 5.39. The topological polar surface area (TPSA) is 146 Å². The maximum Gasteiger partial charge on any atom is 0.321 e. The molecule has 2 saturated heterocycles.